The molecule has 6 rings (SSSR count). The summed E-state index contributed by atoms with van der Waals surface area (Å²) in [6, 6.07) is -0.727. The highest BCUT2D eigenvalue weighted by Crippen LogP contribution is 2.65. The number of morpholine rings is 1. The van der Waals surface area contributed by atoms with Crippen molar-refractivity contribution in [3.63, 3.8) is 0 Å². The third kappa shape index (κ3) is 5.54. The van der Waals surface area contributed by atoms with Crippen LogP contribution in [0.5, 0.6) is 0 Å². The number of fused-ring (bicyclic) bond motifs is 1. The number of aliphatic hydroxyl groups is 2. The molecule has 6 N–H and O–H groups in total. The number of aliphatic hydroxyl groups excluding tert-OH is 2. The first-order valence-corrected chi connectivity index (χ1v) is 15.7. The zero-order valence-corrected chi connectivity index (χ0v) is 26.0. The molecule has 4 heterocycles. The molecule has 8 atom stereocenters. The van der Waals surface area contributed by atoms with E-state index >= 15 is 0 Å². The Kier molecular flexibility index (Phi) is 8.27. The maximum Gasteiger partial charge on any atom is 0.343 e. The fourth-order valence-electron chi connectivity index (χ4n) is 8.23. The fourth-order valence-corrected chi connectivity index (χ4v) is 8.23. The van der Waals surface area contributed by atoms with Gasteiger partial charge >= 0.3 is 5.97 Å². The lowest BCUT2D eigenvalue weighted by molar-refractivity contribution is -0.174. The summed E-state index contributed by atoms with van der Waals surface area (Å²) >= 11 is 0. The molecular formula is C32H43N5O8. The Morgan fingerprint density at radius 3 is 2.71 bits per heavy atom. The molecule has 5 unspecified atom stereocenters. The minimum atomic E-state index is -0.769. The molecule has 3 aliphatic heterocycles. The van der Waals surface area contributed by atoms with Crippen molar-refractivity contribution in [3.05, 3.63) is 51.7 Å². The number of anilines is 1. The molecule has 13 nitrogen and oxygen atoms in total. The second-order valence-corrected chi connectivity index (χ2v) is 13.6. The van der Waals surface area contributed by atoms with Crippen molar-refractivity contribution in [1.82, 2.24) is 20.2 Å². The molecule has 45 heavy (non-hydrogen) atoms. The minimum Gasteiger partial charge on any atom is -0.423 e. The number of esters is 1. The predicted octanol–water partition coefficient (Wildman–Crippen LogP) is 0.503. The number of rotatable bonds is 7. The Labute approximate surface area is 261 Å². The summed E-state index contributed by atoms with van der Waals surface area (Å²) < 4.78 is 17.2. The molecule has 1 aromatic rings. The van der Waals surface area contributed by atoms with E-state index in [1.165, 1.54) is 12.3 Å². The number of nitrogens with two attached hydrogens (primary N) is 1. The SMILES string of the molecule is CC(NC1CC2[C@](C)(CC[C@@H](O)[C@@]2(C)CO)C(C=CC2=CC(=Cc3cnc(N)[nH]c3=O)OC2=O)C12CO2)C(=O)N1CCOCC1. The topological polar surface area (TPSA) is 193 Å². The van der Waals surface area contributed by atoms with E-state index in [0.29, 0.717) is 57.7 Å². The molecule has 244 valence electrons. The van der Waals surface area contributed by atoms with Gasteiger partial charge < -0.3 is 40.4 Å². The third-order valence-corrected chi connectivity index (χ3v) is 10.9. The van der Waals surface area contributed by atoms with Crippen LogP contribution in [-0.2, 0) is 23.8 Å². The zero-order chi connectivity index (χ0) is 32.1. The van der Waals surface area contributed by atoms with Gasteiger partial charge in [-0.05, 0) is 49.7 Å². The molecule has 1 amide bonds. The van der Waals surface area contributed by atoms with Gasteiger partial charge in [0, 0.05) is 36.7 Å². The Bertz CT molecular complexity index is 1490. The highest BCUT2D eigenvalue weighted by atomic mass is 16.6. The van der Waals surface area contributed by atoms with Crippen molar-refractivity contribution in [2.45, 2.75) is 63.8 Å². The van der Waals surface area contributed by atoms with Gasteiger partial charge in [-0.3, -0.25) is 14.6 Å². The number of cyclic esters (lactones) is 1. The molecule has 2 aliphatic carbocycles. The van der Waals surface area contributed by atoms with E-state index in [1.54, 1.807) is 12.2 Å². The van der Waals surface area contributed by atoms with E-state index in [9.17, 15) is 24.6 Å². The van der Waals surface area contributed by atoms with Crippen LogP contribution < -0.4 is 16.6 Å². The number of nitrogen functional groups attached to an aromatic ring is 1. The minimum absolute atomic E-state index is 0.00330. The van der Waals surface area contributed by atoms with Gasteiger partial charge in [0.05, 0.1) is 49.7 Å². The van der Waals surface area contributed by atoms with Crippen LogP contribution in [-0.4, -0.2) is 100 Å². The van der Waals surface area contributed by atoms with Crippen molar-refractivity contribution in [3.8, 4) is 0 Å². The fraction of sp³-hybridized carbons (Fsp3) is 0.625. The number of hydrogen-bond acceptors (Lipinski definition) is 11. The zero-order valence-electron chi connectivity index (χ0n) is 26.0. The van der Waals surface area contributed by atoms with Gasteiger partial charge in [0.15, 0.2) is 5.95 Å². The number of nitrogens with zero attached hydrogens (tertiary/aromatic N) is 2. The molecule has 2 saturated carbocycles. The van der Waals surface area contributed by atoms with E-state index < -0.39 is 34.7 Å². The highest BCUT2D eigenvalue weighted by Gasteiger charge is 2.70. The van der Waals surface area contributed by atoms with E-state index in [-0.39, 0.29) is 53.1 Å². The summed E-state index contributed by atoms with van der Waals surface area (Å²) in [6.45, 7) is 8.39. The predicted molar refractivity (Wildman–Crippen MR) is 163 cm³/mol. The monoisotopic (exact) mass is 625 g/mol. The van der Waals surface area contributed by atoms with E-state index in [2.05, 4.69) is 22.2 Å². The number of aromatic amines is 1. The largest absolute Gasteiger partial charge is 0.423 e. The van der Waals surface area contributed by atoms with E-state index in [4.69, 9.17) is 19.9 Å². The molecule has 1 spiro atoms. The Hall–Kier alpha value is -3.36. The lowest BCUT2D eigenvalue weighted by Gasteiger charge is -2.62. The number of epoxide rings is 1. The molecule has 4 fully saturated rings. The average molecular weight is 626 g/mol. The summed E-state index contributed by atoms with van der Waals surface area (Å²) in [5, 5.41) is 25.4. The highest BCUT2D eigenvalue weighted by molar-refractivity contribution is 5.96. The summed E-state index contributed by atoms with van der Waals surface area (Å²) in [5.74, 6) is -0.700. The molecule has 0 aromatic carbocycles. The van der Waals surface area contributed by atoms with Gasteiger partial charge in [0.2, 0.25) is 5.91 Å². The number of amides is 1. The summed E-state index contributed by atoms with van der Waals surface area (Å²) in [4.78, 5) is 46.6. The third-order valence-electron chi connectivity index (χ3n) is 10.9. The molecule has 13 heteroatoms. The average Bonchev–Trinajstić information content (AvgIpc) is 3.73. The summed E-state index contributed by atoms with van der Waals surface area (Å²) in [7, 11) is 0. The summed E-state index contributed by atoms with van der Waals surface area (Å²) in [6.07, 6.45) is 9.18. The second kappa shape index (κ2) is 11.8. The quantitative estimate of drug-likeness (QED) is 0.209. The molecule has 0 bridgehead atoms. The lowest BCUT2D eigenvalue weighted by Crippen LogP contribution is -2.67. The maximum atomic E-state index is 13.4. The molecular weight excluding hydrogens is 582 g/mol. The van der Waals surface area contributed by atoms with Gasteiger partial charge in [-0.25, -0.2) is 9.78 Å². The first kappa shape index (κ1) is 31.6. The molecule has 0 radical (unpaired) electrons. The Balaban J connectivity index is 1.32. The standard InChI is InChI=1S/C32H43N5O8/c1-18(27(41)37-8-10-43-11-9-37)35-24-14-23-30(2,7-6-25(39)31(23,3)16-38)22(32(24)17-44-32)5-4-19-12-21(45-28(19)42)13-20-15-34-29(33)36-26(20)40/h4-5,12-13,15,18,22-25,35,38-39H,6-11,14,16-17H2,1-3H3,(H3,33,34,36,40)/t18?,22?,23?,24?,25-,30-,31+,32?/m1/s1. The van der Waals surface area contributed by atoms with Crippen LogP contribution in [0.25, 0.3) is 6.08 Å². The molecule has 2 saturated heterocycles. The van der Waals surface area contributed by atoms with Crippen molar-refractivity contribution in [2.75, 3.05) is 45.3 Å². The number of aromatic nitrogens is 2. The van der Waals surface area contributed by atoms with Crippen molar-refractivity contribution in [1.29, 1.82) is 0 Å². The Morgan fingerprint density at radius 2 is 2.04 bits per heavy atom. The van der Waals surface area contributed by atoms with Crippen molar-refractivity contribution >= 4 is 23.9 Å². The number of allylic oxidation sites excluding steroid dienone is 1. The number of hydrogen-bond donors (Lipinski definition) is 5. The van der Waals surface area contributed by atoms with Crippen LogP contribution in [0.15, 0.2) is 40.6 Å². The molecule has 5 aliphatic rings. The normalized spacial score (nSPS) is 37.9. The number of H-pyrrole nitrogens is 1. The van der Waals surface area contributed by atoms with Crippen LogP contribution in [0.2, 0.25) is 0 Å². The smallest absolute Gasteiger partial charge is 0.343 e. The number of carbonyl (C=O) groups is 2. The summed E-state index contributed by atoms with van der Waals surface area (Å²) in [5.41, 5.74) is 3.79. The first-order valence-electron chi connectivity index (χ1n) is 15.7. The molecule has 1 aromatic heterocycles. The first-order chi connectivity index (χ1) is 21.4. The maximum absolute atomic E-state index is 13.4. The van der Waals surface area contributed by atoms with Gasteiger partial charge in [0.1, 0.15) is 11.4 Å². The van der Waals surface area contributed by atoms with Crippen LogP contribution in [0, 0.1) is 22.7 Å². The van der Waals surface area contributed by atoms with Crippen LogP contribution in [0.3, 0.4) is 0 Å². The van der Waals surface area contributed by atoms with Gasteiger partial charge in [-0.1, -0.05) is 26.0 Å². The number of nitrogens with one attached hydrogen (secondary N) is 2. The van der Waals surface area contributed by atoms with E-state index in [1.807, 2.05) is 24.8 Å². The second-order valence-electron chi connectivity index (χ2n) is 13.6. The van der Waals surface area contributed by atoms with E-state index in [0.717, 1.165) is 0 Å². The van der Waals surface area contributed by atoms with Crippen LogP contribution >= 0.6 is 0 Å². The van der Waals surface area contributed by atoms with Crippen LogP contribution in [0.4, 0.5) is 5.95 Å². The number of carbonyl (C=O) groups excluding carboxylic acids is 2. The van der Waals surface area contributed by atoms with Gasteiger partial charge in [0.25, 0.3) is 5.56 Å². The van der Waals surface area contributed by atoms with Gasteiger partial charge in [-0.2, -0.15) is 0 Å². The Morgan fingerprint density at radius 1 is 1.31 bits per heavy atom. The van der Waals surface area contributed by atoms with Crippen molar-refractivity contribution < 1.29 is 34.0 Å². The van der Waals surface area contributed by atoms with Gasteiger partial charge in [-0.15, -0.1) is 0 Å². The van der Waals surface area contributed by atoms with Crippen LogP contribution in [0.1, 0.15) is 45.6 Å². The lowest BCUT2D eigenvalue weighted by atomic mass is 9.44. The van der Waals surface area contributed by atoms with Crippen molar-refractivity contribution in [2.24, 2.45) is 22.7 Å². The number of ether oxygens (including phenoxy) is 3.